The lowest BCUT2D eigenvalue weighted by molar-refractivity contribution is -0.114. The number of carbonyl (C=O) groups is 1. The Balaban J connectivity index is 1.40. The molecule has 0 atom stereocenters. The number of rotatable bonds is 10. The number of carbonyl (C=O) groups excluding carboxylic acids is 1. The largest absolute Gasteiger partial charge is 0.493 e. The molecule has 1 aliphatic rings. The fraction of sp³-hybridized carbons (Fsp3) is 0.290. The molecule has 1 amide bonds. The maximum absolute atomic E-state index is 13.1. The van der Waals surface area contributed by atoms with Crippen LogP contribution in [-0.4, -0.2) is 32.3 Å². The van der Waals surface area contributed by atoms with E-state index in [1.165, 1.54) is 11.1 Å². The zero-order chi connectivity index (χ0) is 26.2. The Kier molecular flexibility index (Phi) is 8.48. The minimum atomic E-state index is -0.297. The van der Waals surface area contributed by atoms with Crippen LogP contribution < -0.4 is 19.1 Å². The third-order valence-electron chi connectivity index (χ3n) is 6.07. The second-order valence-electron chi connectivity index (χ2n) is 9.02. The lowest BCUT2D eigenvalue weighted by Crippen LogP contribution is -2.29. The molecule has 3 aromatic rings. The molecule has 6 heteroatoms. The second kappa shape index (κ2) is 12.1. The third-order valence-corrected chi connectivity index (χ3v) is 6.07. The summed E-state index contributed by atoms with van der Waals surface area (Å²) in [5.41, 5.74) is 5.12. The van der Waals surface area contributed by atoms with Crippen molar-refractivity contribution in [2.75, 3.05) is 31.3 Å². The van der Waals surface area contributed by atoms with Crippen LogP contribution in [0.1, 0.15) is 35.6 Å². The number of aryl methyl sites for hydroxylation is 2. The average molecular weight is 497 g/mol. The molecule has 190 valence electrons. The van der Waals surface area contributed by atoms with Gasteiger partial charge in [-0.1, -0.05) is 30.3 Å². The topological polar surface area (TPSA) is 71.8 Å². The summed E-state index contributed by atoms with van der Waals surface area (Å²) in [4.78, 5) is 14.8. The van der Waals surface area contributed by atoms with Gasteiger partial charge in [0.1, 0.15) is 17.4 Å². The van der Waals surface area contributed by atoms with Gasteiger partial charge in [-0.2, -0.15) is 5.26 Å². The summed E-state index contributed by atoms with van der Waals surface area (Å²) >= 11 is 0. The molecule has 1 heterocycles. The predicted molar refractivity (Wildman–Crippen MR) is 145 cm³/mol. The molecule has 4 rings (SSSR count). The Morgan fingerprint density at radius 3 is 2.49 bits per heavy atom. The van der Waals surface area contributed by atoms with Crippen LogP contribution in [0, 0.1) is 25.2 Å². The molecule has 0 saturated carbocycles. The van der Waals surface area contributed by atoms with E-state index in [0.717, 1.165) is 23.4 Å². The molecule has 3 aromatic carbocycles. The molecule has 1 aliphatic heterocycles. The smallest absolute Gasteiger partial charge is 0.268 e. The molecular weight excluding hydrogens is 464 g/mol. The van der Waals surface area contributed by atoms with Crippen LogP contribution in [0.3, 0.4) is 0 Å². The summed E-state index contributed by atoms with van der Waals surface area (Å²) in [6, 6.07) is 21.5. The second-order valence-corrected chi connectivity index (χ2v) is 9.02. The Labute approximate surface area is 218 Å². The molecule has 0 unspecified atom stereocenters. The summed E-state index contributed by atoms with van der Waals surface area (Å²) in [5, 5.41) is 9.74. The van der Waals surface area contributed by atoms with E-state index in [-0.39, 0.29) is 11.5 Å². The van der Waals surface area contributed by atoms with Crippen LogP contribution in [0.5, 0.6) is 17.2 Å². The van der Waals surface area contributed by atoms with Crippen molar-refractivity contribution in [2.24, 2.45) is 0 Å². The SMILES string of the molecule is CCOc1cc(/C=C(\C#N)C(=O)N2CCc3ccccc32)ccc1OCCCOc1cc(C)cc(C)c1. The summed E-state index contributed by atoms with van der Waals surface area (Å²) < 4.78 is 17.6. The van der Waals surface area contributed by atoms with E-state index in [1.807, 2.05) is 55.5 Å². The summed E-state index contributed by atoms with van der Waals surface area (Å²) in [6.07, 6.45) is 3.11. The summed E-state index contributed by atoms with van der Waals surface area (Å²) in [6.45, 7) is 8.06. The first-order valence-electron chi connectivity index (χ1n) is 12.6. The number of para-hydroxylation sites is 1. The van der Waals surface area contributed by atoms with E-state index in [2.05, 4.69) is 26.0 Å². The lowest BCUT2D eigenvalue weighted by Gasteiger charge is -2.17. The first-order chi connectivity index (χ1) is 18.0. The van der Waals surface area contributed by atoms with Gasteiger partial charge in [-0.05, 0) is 85.9 Å². The molecule has 0 bridgehead atoms. The molecule has 0 spiro atoms. The normalized spacial score (nSPS) is 12.6. The number of hydrogen-bond acceptors (Lipinski definition) is 5. The highest BCUT2D eigenvalue weighted by molar-refractivity contribution is 6.12. The van der Waals surface area contributed by atoms with Crippen LogP contribution in [-0.2, 0) is 11.2 Å². The maximum atomic E-state index is 13.1. The fourth-order valence-corrected chi connectivity index (χ4v) is 4.45. The van der Waals surface area contributed by atoms with Gasteiger partial charge in [0, 0.05) is 18.7 Å². The minimum Gasteiger partial charge on any atom is -0.493 e. The van der Waals surface area contributed by atoms with Gasteiger partial charge in [0.2, 0.25) is 0 Å². The Hall–Kier alpha value is -4.24. The zero-order valence-corrected chi connectivity index (χ0v) is 21.6. The molecule has 0 aromatic heterocycles. The highest BCUT2D eigenvalue weighted by Crippen LogP contribution is 2.31. The van der Waals surface area contributed by atoms with E-state index in [0.29, 0.717) is 49.8 Å². The van der Waals surface area contributed by atoms with Crippen LogP contribution in [0.4, 0.5) is 5.69 Å². The quantitative estimate of drug-likeness (QED) is 0.194. The van der Waals surface area contributed by atoms with Crippen molar-refractivity contribution < 1.29 is 19.0 Å². The summed E-state index contributed by atoms with van der Waals surface area (Å²) in [7, 11) is 0. The number of fused-ring (bicyclic) bond motifs is 1. The number of ether oxygens (including phenoxy) is 3. The van der Waals surface area contributed by atoms with Gasteiger partial charge in [-0.3, -0.25) is 4.79 Å². The van der Waals surface area contributed by atoms with Crippen LogP contribution in [0.15, 0.2) is 66.2 Å². The van der Waals surface area contributed by atoms with Gasteiger partial charge in [-0.25, -0.2) is 0 Å². The minimum absolute atomic E-state index is 0.0800. The number of nitriles is 1. The average Bonchev–Trinajstić information content (AvgIpc) is 3.31. The standard InChI is InChI=1S/C31H32N2O4/c1-4-35-30-20-24(19-26(21-32)31(34)33-13-12-25-8-5-6-9-28(25)33)10-11-29(30)37-15-7-14-36-27-17-22(2)16-23(3)18-27/h5-6,8-11,16-20H,4,7,12-15H2,1-3H3/b26-19+. The molecule has 0 saturated heterocycles. The predicted octanol–water partition coefficient (Wildman–Crippen LogP) is 6.05. The zero-order valence-electron chi connectivity index (χ0n) is 21.6. The molecule has 0 N–H and O–H groups in total. The van der Waals surface area contributed by atoms with E-state index in [9.17, 15) is 10.1 Å². The highest BCUT2D eigenvalue weighted by atomic mass is 16.5. The van der Waals surface area contributed by atoms with Crippen LogP contribution >= 0.6 is 0 Å². The van der Waals surface area contributed by atoms with Crippen molar-refractivity contribution in [3.8, 4) is 23.3 Å². The molecule has 0 fully saturated rings. The van der Waals surface area contributed by atoms with E-state index < -0.39 is 0 Å². The van der Waals surface area contributed by atoms with Crippen molar-refractivity contribution in [3.63, 3.8) is 0 Å². The monoisotopic (exact) mass is 496 g/mol. The van der Waals surface area contributed by atoms with Crippen molar-refractivity contribution in [1.82, 2.24) is 0 Å². The number of anilines is 1. The number of nitrogens with zero attached hydrogens (tertiary/aromatic N) is 2. The van der Waals surface area contributed by atoms with Crippen molar-refractivity contribution in [3.05, 3.63) is 88.5 Å². The van der Waals surface area contributed by atoms with Crippen LogP contribution in [0.2, 0.25) is 0 Å². The lowest BCUT2D eigenvalue weighted by atomic mass is 10.1. The van der Waals surface area contributed by atoms with Gasteiger partial charge < -0.3 is 19.1 Å². The highest BCUT2D eigenvalue weighted by Gasteiger charge is 2.26. The van der Waals surface area contributed by atoms with Crippen LogP contribution in [0.25, 0.3) is 6.08 Å². The van der Waals surface area contributed by atoms with E-state index >= 15 is 0 Å². The molecule has 0 radical (unpaired) electrons. The van der Waals surface area contributed by atoms with Gasteiger partial charge >= 0.3 is 0 Å². The molecule has 6 nitrogen and oxygen atoms in total. The van der Waals surface area contributed by atoms with E-state index in [1.54, 1.807) is 17.0 Å². The molecular formula is C31H32N2O4. The third kappa shape index (κ3) is 6.50. The van der Waals surface area contributed by atoms with Crippen molar-refractivity contribution in [1.29, 1.82) is 5.26 Å². The Morgan fingerprint density at radius 1 is 0.973 bits per heavy atom. The molecule has 37 heavy (non-hydrogen) atoms. The van der Waals surface area contributed by atoms with Crippen molar-refractivity contribution >= 4 is 17.7 Å². The Morgan fingerprint density at radius 2 is 1.73 bits per heavy atom. The van der Waals surface area contributed by atoms with Gasteiger partial charge in [0.25, 0.3) is 5.91 Å². The maximum Gasteiger partial charge on any atom is 0.268 e. The number of hydrogen-bond donors (Lipinski definition) is 0. The first-order valence-corrected chi connectivity index (χ1v) is 12.6. The van der Waals surface area contributed by atoms with Gasteiger partial charge in [0.05, 0.1) is 19.8 Å². The van der Waals surface area contributed by atoms with Crippen molar-refractivity contribution in [2.45, 2.75) is 33.6 Å². The number of benzene rings is 3. The number of amides is 1. The van der Waals surface area contributed by atoms with E-state index in [4.69, 9.17) is 14.2 Å². The summed E-state index contributed by atoms with van der Waals surface area (Å²) in [5.74, 6) is 1.75. The molecule has 0 aliphatic carbocycles. The Bertz CT molecular complexity index is 1320. The first kappa shape index (κ1) is 25.8. The van der Waals surface area contributed by atoms with Gasteiger partial charge in [0.15, 0.2) is 11.5 Å². The fourth-order valence-electron chi connectivity index (χ4n) is 4.45. The van der Waals surface area contributed by atoms with Gasteiger partial charge in [-0.15, -0.1) is 0 Å².